The second kappa shape index (κ2) is 8.05. The lowest BCUT2D eigenvalue weighted by molar-refractivity contribution is -0.384. The van der Waals surface area contributed by atoms with Crippen LogP contribution < -0.4 is 20.7 Å². The summed E-state index contributed by atoms with van der Waals surface area (Å²) in [5.41, 5.74) is 2.07. The minimum Gasteiger partial charge on any atom is -0.497 e. The van der Waals surface area contributed by atoms with Crippen molar-refractivity contribution < 1.29 is 14.5 Å². The minimum absolute atomic E-state index is 0.0590. The summed E-state index contributed by atoms with van der Waals surface area (Å²) >= 11 is 5.21. The molecule has 2 aromatic rings. The van der Waals surface area contributed by atoms with Crippen molar-refractivity contribution in [2.24, 2.45) is 0 Å². The number of nitrogens with one attached hydrogen (secondary N) is 3. The van der Waals surface area contributed by atoms with Crippen LogP contribution in [-0.2, 0) is 4.79 Å². The Kier molecular flexibility index (Phi) is 5.55. The number of carbonyl (C=O) groups excluding carboxylic acids is 1. The Morgan fingerprint density at radius 2 is 1.96 bits per heavy atom. The molecule has 0 aromatic heterocycles. The third kappa shape index (κ3) is 4.09. The number of nitro groups is 1. The van der Waals surface area contributed by atoms with Crippen molar-refractivity contribution in [3.8, 4) is 5.75 Å². The first-order chi connectivity index (χ1) is 13.4. The van der Waals surface area contributed by atoms with E-state index in [1.165, 1.54) is 12.1 Å². The molecule has 0 radical (unpaired) electrons. The van der Waals surface area contributed by atoms with Crippen LogP contribution in [0.15, 0.2) is 59.8 Å². The van der Waals surface area contributed by atoms with E-state index >= 15 is 0 Å². The van der Waals surface area contributed by atoms with E-state index in [-0.39, 0.29) is 11.6 Å². The predicted molar refractivity (Wildman–Crippen MR) is 109 cm³/mol. The van der Waals surface area contributed by atoms with Crippen molar-refractivity contribution in [1.82, 2.24) is 10.6 Å². The van der Waals surface area contributed by atoms with Crippen LogP contribution in [-0.4, -0.2) is 23.1 Å². The van der Waals surface area contributed by atoms with Crippen LogP contribution in [0.2, 0.25) is 0 Å². The number of thiocarbonyl (C=S) groups is 1. The number of allylic oxidation sites excluding steroid dienone is 1. The molecule has 3 rings (SSSR count). The smallest absolute Gasteiger partial charge is 0.269 e. The molecule has 0 aliphatic carbocycles. The number of methoxy groups -OCH3 is 1. The highest BCUT2D eigenvalue weighted by molar-refractivity contribution is 7.80. The van der Waals surface area contributed by atoms with Crippen LogP contribution in [0.3, 0.4) is 0 Å². The average molecular weight is 398 g/mol. The Labute approximate surface area is 166 Å². The number of hydrogen-bond acceptors (Lipinski definition) is 5. The Hall–Kier alpha value is -3.46. The lowest BCUT2D eigenvalue weighted by Crippen LogP contribution is -2.45. The number of ether oxygens (including phenoxy) is 1. The number of non-ortho nitro benzene ring substituents is 1. The monoisotopic (exact) mass is 398 g/mol. The van der Waals surface area contributed by atoms with Gasteiger partial charge in [0.1, 0.15) is 5.75 Å². The second-order valence-corrected chi connectivity index (χ2v) is 6.51. The summed E-state index contributed by atoms with van der Waals surface area (Å²) in [5, 5.41) is 20.3. The van der Waals surface area contributed by atoms with E-state index in [1.54, 1.807) is 50.4 Å². The van der Waals surface area contributed by atoms with Gasteiger partial charge in [-0.05, 0) is 49.0 Å². The average Bonchev–Trinajstić information content (AvgIpc) is 2.68. The first-order valence-electron chi connectivity index (χ1n) is 8.37. The van der Waals surface area contributed by atoms with Gasteiger partial charge in [-0.15, -0.1) is 0 Å². The van der Waals surface area contributed by atoms with Crippen molar-refractivity contribution in [3.05, 3.63) is 75.5 Å². The topological polar surface area (TPSA) is 106 Å². The molecule has 1 aliphatic rings. The zero-order valence-electron chi connectivity index (χ0n) is 15.2. The largest absolute Gasteiger partial charge is 0.497 e. The molecule has 0 fully saturated rings. The van der Waals surface area contributed by atoms with Gasteiger partial charge in [0, 0.05) is 23.5 Å². The second-order valence-electron chi connectivity index (χ2n) is 6.10. The lowest BCUT2D eigenvalue weighted by atomic mass is 9.94. The highest BCUT2D eigenvalue weighted by Crippen LogP contribution is 2.30. The Morgan fingerprint density at radius 1 is 1.25 bits per heavy atom. The number of nitro benzene ring substituents is 1. The molecule has 0 bridgehead atoms. The number of carbonyl (C=O) groups is 1. The maximum atomic E-state index is 13.0. The van der Waals surface area contributed by atoms with Crippen LogP contribution in [0.4, 0.5) is 11.4 Å². The third-order valence-electron chi connectivity index (χ3n) is 4.28. The maximum Gasteiger partial charge on any atom is 0.269 e. The van der Waals surface area contributed by atoms with Gasteiger partial charge in [0.25, 0.3) is 11.6 Å². The van der Waals surface area contributed by atoms with E-state index in [0.717, 1.165) is 0 Å². The SMILES string of the molecule is COc1ccc(NC(=O)C2=C(C)NC(=S)N[C@@H]2c2cccc([N+](=O)[O-])c2)cc1. The standard InChI is InChI=1S/C19H18N4O4S/c1-11-16(18(24)21-13-6-8-15(27-2)9-7-13)17(22-19(28)20-11)12-4-3-5-14(10-12)23(25)26/h3-10,17H,1-2H3,(H,21,24)(H2,20,22,28)/t17-/m1/s1. The zero-order chi connectivity index (χ0) is 20.3. The summed E-state index contributed by atoms with van der Waals surface area (Å²) in [4.78, 5) is 23.6. The number of anilines is 1. The van der Waals surface area contributed by atoms with Gasteiger partial charge >= 0.3 is 0 Å². The fourth-order valence-corrected chi connectivity index (χ4v) is 3.21. The highest BCUT2D eigenvalue weighted by atomic mass is 32.1. The molecule has 0 saturated carbocycles. The number of hydrogen-bond donors (Lipinski definition) is 3. The molecule has 0 unspecified atom stereocenters. The van der Waals surface area contributed by atoms with E-state index in [4.69, 9.17) is 17.0 Å². The van der Waals surface area contributed by atoms with E-state index in [2.05, 4.69) is 16.0 Å². The molecule has 1 atom stereocenters. The van der Waals surface area contributed by atoms with Gasteiger partial charge in [-0.3, -0.25) is 14.9 Å². The number of amides is 1. The van der Waals surface area contributed by atoms with E-state index < -0.39 is 11.0 Å². The molecule has 144 valence electrons. The van der Waals surface area contributed by atoms with Crippen molar-refractivity contribution >= 4 is 34.6 Å². The van der Waals surface area contributed by atoms with Gasteiger partial charge in [-0.2, -0.15) is 0 Å². The van der Waals surface area contributed by atoms with E-state index in [9.17, 15) is 14.9 Å². The molecular weight excluding hydrogens is 380 g/mol. The minimum atomic E-state index is -0.619. The summed E-state index contributed by atoms with van der Waals surface area (Å²) in [6.45, 7) is 1.74. The third-order valence-corrected chi connectivity index (χ3v) is 4.50. The lowest BCUT2D eigenvalue weighted by Gasteiger charge is -2.30. The fraction of sp³-hybridized carbons (Fsp3) is 0.158. The number of rotatable bonds is 5. The molecule has 1 aliphatic heterocycles. The predicted octanol–water partition coefficient (Wildman–Crippen LogP) is 3.03. The molecule has 1 heterocycles. The summed E-state index contributed by atoms with van der Waals surface area (Å²) in [7, 11) is 1.56. The molecule has 0 saturated heterocycles. The van der Waals surface area contributed by atoms with Gasteiger partial charge < -0.3 is 20.7 Å². The van der Waals surface area contributed by atoms with Gasteiger partial charge in [0.05, 0.1) is 23.6 Å². The van der Waals surface area contributed by atoms with Crippen LogP contribution in [0.5, 0.6) is 5.75 Å². The Balaban J connectivity index is 1.93. The first kappa shape index (κ1) is 19.3. The van der Waals surface area contributed by atoms with E-state index in [0.29, 0.717) is 33.4 Å². The molecule has 1 amide bonds. The van der Waals surface area contributed by atoms with E-state index in [1.807, 2.05) is 0 Å². The maximum absolute atomic E-state index is 13.0. The van der Waals surface area contributed by atoms with Crippen LogP contribution in [0, 0.1) is 10.1 Å². The van der Waals surface area contributed by atoms with Gasteiger partial charge in [-0.25, -0.2) is 0 Å². The van der Waals surface area contributed by atoms with Crippen LogP contribution >= 0.6 is 12.2 Å². The molecule has 3 N–H and O–H groups in total. The van der Waals surface area contributed by atoms with Crippen LogP contribution in [0.25, 0.3) is 0 Å². The van der Waals surface area contributed by atoms with Crippen molar-refractivity contribution in [2.45, 2.75) is 13.0 Å². The molecule has 0 spiro atoms. The Bertz CT molecular complexity index is 972. The summed E-state index contributed by atoms with van der Waals surface area (Å²) in [6.07, 6.45) is 0. The normalized spacial score (nSPS) is 16.1. The van der Waals surface area contributed by atoms with Crippen LogP contribution in [0.1, 0.15) is 18.5 Å². The fourth-order valence-electron chi connectivity index (χ4n) is 2.94. The first-order valence-corrected chi connectivity index (χ1v) is 8.78. The Morgan fingerprint density at radius 3 is 2.61 bits per heavy atom. The molecule has 2 aromatic carbocycles. The van der Waals surface area contributed by atoms with Gasteiger partial charge in [-0.1, -0.05) is 12.1 Å². The van der Waals surface area contributed by atoms with Crippen molar-refractivity contribution in [2.75, 3.05) is 12.4 Å². The summed E-state index contributed by atoms with van der Waals surface area (Å²) in [5.74, 6) is 0.330. The van der Waals surface area contributed by atoms with Crippen molar-refractivity contribution in [1.29, 1.82) is 0 Å². The molecular formula is C19H18N4O4S. The molecule has 28 heavy (non-hydrogen) atoms. The van der Waals surface area contributed by atoms with Gasteiger partial charge in [0.15, 0.2) is 5.11 Å². The summed E-state index contributed by atoms with van der Waals surface area (Å²) < 4.78 is 5.11. The molecule has 8 nitrogen and oxygen atoms in total. The molecule has 9 heteroatoms. The van der Waals surface area contributed by atoms with Gasteiger partial charge in [0.2, 0.25) is 0 Å². The number of benzene rings is 2. The summed E-state index contributed by atoms with van der Waals surface area (Å²) in [6, 6.07) is 12.4. The number of nitrogens with zero attached hydrogens (tertiary/aromatic N) is 1. The van der Waals surface area contributed by atoms with Crippen molar-refractivity contribution in [3.63, 3.8) is 0 Å². The highest BCUT2D eigenvalue weighted by Gasteiger charge is 2.30. The zero-order valence-corrected chi connectivity index (χ0v) is 16.0. The quantitative estimate of drug-likeness (QED) is 0.404.